The molecule has 3 aromatic rings. The second-order valence-corrected chi connectivity index (χ2v) is 7.70. The number of halogens is 1. The number of amides is 2. The Bertz CT molecular complexity index is 1020. The quantitative estimate of drug-likeness (QED) is 0.713. The van der Waals surface area contributed by atoms with E-state index in [-0.39, 0.29) is 11.8 Å². The largest absolute Gasteiger partial charge is 0.352 e. The summed E-state index contributed by atoms with van der Waals surface area (Å²) in [6, 6.07) is 6.08. The minimum atomic E-state index is -0.276. The average molecular weight is 394 g/mol. The van der Waals surface area contributed by atoms with Crippen LogP contribution in [0.4, 0.5) is 15.0 Å². The third-order valence-electron chi connectivity index (χ3n) is 5.72. The highest BCUT2D eigenvalue weighted by Crippen LogP contribution is 2.44. The van der Waals surface area contributed by atoms with Gasteiger partial charge in [-0.3, -0.25) is 0 Å². The Morgan fingerprint density at radius 1 is 1.14 bits per heavy atom. The zero-order chi connectivity index (χ0) is 19.8. The summed E-state index contributed by atoms with van der Waals surface area (Å²) < 4.78 is 13.0. The Hall–Kier alpha value is -3.16. The van der Waals surface area contributed by atoms with Gasteiger partial charge in [0.1, 0.15) is 23.6 Å². The zero-order valence-corrected chi connectivity index (χ0v) is 16.1. The van der Waals surface area contributed by atoms with Gasteiger partial charge in [-0.15, -0.1) is 0 Å². The first-order valence-electron chi connectivity index (χ1n) is 10.0. The van der Waals surface area contributed by atoms with Crippen molar-refractivity contribution >= 4 is 22.9 Å². The van der Waals surface area contributed by atoms with Crippen LogP contribution in [0.2, 0.25) is 0 Å². The van der Waals surface area contributed by atoms with Gasteiger partial charge in [0.25, 0.3) is 0 Å². The number of H-pyrrole nitrogens is 1. The summed E-state index contributed by atoms with van der Waals surface area (Å²) in [6.07, 6.45) is 6.12. The van der Waals surface area contributed by atoms with Crippen molar-refractivity contribution in [3.8, 4) is 0 Å². The van der Waals surface area contributed by atoms with Crippen LogP contribution in [0.25, 0.3) is 11.0 Å². The molecule has 0 spiro atoms. The number of fused-ring (bicyclic) bond motifs is 1. The van der Waals surface area contributed by atoms with Crippen molar-refractivity contribution < 1.29 is 9.18 Å². The fourth-order valence-electron chi connectivity index (χ4n) is 3.94. The van der Waals surface area contributed by atoms with Crippen LogP contribution < -0.4 is 10.2 Å². The summed E-state index contributed by atoms with van der Waals surface area (Å²) in [5.41, 5.74) is 3.08. The van der Waals surface area contributed by atoms with E-state index in [1.54, 1.807) is 18.5 Å². The van der Waals surface area contributed by atoms with E-state index in [2.05, 4.69) is 31.4 Å². The molecule has 1 aliphatic carbocycles. The average Bonchev–Trinajstić information content (AvgIpc) is 3.51. The van der Waals surface area contributed by atoms with Gasteiger partial charge < -0.3 is 20.1 Å². The predicted octanol–water partition coefficient (Wildman–Crippen LogP) is 3.01. The molecule has 29 heavy (non-hydrogen) atoms. The SMILES string of the molecule is O=C(NCc1ccc(F)cc1)N1CCN(c2ncnc3[nH]cc(C4CC4)c23)CC1. The lowest BCUT2D eigenvalue weighted by atomic mass is 10.1. The monoisotopic (exact) mass is 394 g/mol. The van der Waals surface area contributed by atoms with Gasteiger partial charge >= 0.3 is 6.03 Å². The first kappa shape index (κ1) is 17.9. The Labute approximate surface area is 167 Å². The van der Waals surface area contributed by atoms with Crippen molar-refractivity contribution in [3.63, 3.8) is 0 Å². The highest BCUT2D eigenvalue weighted by molar-refractivity contribution is 5.91. The molecule has 7 nitrogen and oxygen atoms in total. The lowest BCUT2D eigenvalue weighted by Crippen LogP contribution is -2.52. The van der Waals surface area contributed by atoms with E-state index in [4.69, 9.17) is 0 Å². The van der Waals surface area contributed by atoms with Crippen LogP contribution >= 0.6 is 0 Å². The maximum atomic E-state index is 13.0. The summed E-state index contributed by atoms with van der Waals surface area (Å²) in [4.78, 5) is 28.8. The van der Waals surface area contributed by atoms with Gasteiger partial charge in [-0.05, 0) is 42.0 Å². The summed E-state index contributed by atoms with van der Waals surface area (Å²) in [7, 11) is 0. The lowest BCUT2D eigenvalue weighted by molar-refractivity contribution is 0.194. The van der Waals surface area contributed by atoms with E-state index < -0.39 is 0 Å². The molecule has 5 rings (SSSR count). The van der Waals surface area contributed by atoms with Crippen molar-refractivity contribution in [1.82, 2.24) is 25.2 Å². The molecular formula is C21H23FN6O. The number of anilines is 1. The fraction of sp³-hybridized carbons (Fsp3) is 0.381. The molecule has 2 amide bonds. The van der Waals surface area contributed by atoms with Crippen molar-refractivity contribution in [2.24, 2.45) is 0 Å². The minimum absolute atomic E-state index is 0.0953. The van der Waals surface area contributed by atoms with E-state index in [9.17, 15) is 9.18 Å². The molecule has 8 heteroatoms. The van der Waals surface area contributed by atoms with Gasteiger partial charge in [-0.1, -0.05) is 12.1 Å². The third-order valence-corrected chi connectivity index (χ3v) is 5.72. The summed E-state index contributed by atoms with van der Waals surface area (Å²) >= 11 is 0. The number of nitrogens with zero attached hydrogens (tertiary/aromatic N) is 4. The molecule has 2 aliphatic rings. The van der Waals surface area contributed by atoms with Crippen molar-refractivity contribution in [3.05, 3.63) is 53.7 Å². The van der Waals surface area contributed by atoms with Crippen LogP contribution in [0.3, 0.4) is 0 Å². The highest BCUT2D eigenvalue weighted by atomic mass is 19.1. The molecule has 1 saturated heterocycles. The number of rotatable bonds is 4. The van der Waals surface area contributed by atoms with E-state index in [1.807, 2.05) is 4.90 Å². The summed E-state index contributed by atoms with van der Waals surface area (Å²) in [6.45, 7) is 3.10. The van der Waals surface area contributed by atoms with E-state index in [0.717, 1.165) is 35.5 Å². The van der Waals surface area contributed by atoms with Crippen molar-refractivity contribution in [2.45, 2.75) is 25.3 Å². The van der Waals surface area contributed by atoms with Crippen LogP contribution in [0.15, 0.2) is 36.8 Å². The molecule has 3 heterocycles. The molecule has 0 atom stereocenters. The minimum Gasteiger partial charge on any atom is -0.352 e. The molecular weight excluding hydrogens is 371 g/mol. The Morgan fingerprint density at radius 2 is 1.90 bits per heavy atom. The first-order valence-corrected chi connectivity index (χ1v) is 10.0. The molecule has 1 aliphatic heterocycles. The maximum Gasteiger partial charge on any atom is 0.317 e. The molecule has 2 fully saturated rings. The number of carbonyl (C=O) groups is 1. The number of nitrogens with one attached hydrogen (secondary N) is 2. The maximum absolute atomic E-state index is 13.0. The predicted molar refractivity (Wildman–Crippen MR) is 108 cm³/mol. The highest BCUT2D eigenvalue weighted by Gasteiger charge is 2.30. The normalized spacial score (nSPS) is 17.0. The van der Waals surface area contributed by atoms with Gasteiger partial charge in [0, 0.05) is 38.9 Å². The molecule has 0 unspecified atom stereocenters. The van der Waals surface area contributed by atoms with E-state index >= 15 is 0 Å². The van der Waals surface area contributed by atoms with Gasteiger partial charge in [0.05, 0.1) is 5.39 Å². The number of piperazine rings is 1. The second-order valence-electron chi connectivity index (χ2n) is 7.70. The molecule has 1 aromatic carbocycles. The fourth-order valence-corrected chi connectivity index (χ4v) is 3.94. The van der Waals surface area contributed by atoms with Crippen LogP contribution in [-0.4, -0.2) is 52.1 Å². The Morgan fingerprint density at radius 3 is 2.62 bits per heavy atom. The number of hydrogen-bond acceptors (Lipinski definition) is 4. The summed E-state index contributed by atoms with van der Waals surface area (Å²) in [5.74, 6) is 1.30. The number of urea groups is 1. The van der Waals surface area contributed by atoms with Gasteiger partial charge in [0.2, 0.25) is 0 Å². The summed E-state index contributed by atoms with van der Waals surface area (Å²) in [5, 5.41) is 4.04. The second kappa shape index (κ2) is 7.35. The zero-order valence-electron chi connectivity index (χ0n) is 16.1. The van der Waals surface area contributed by atoms with E-state index in [1.165, 1.54) is 30.5 Å². The molecule has 0 bridgehead atoms. The topological polar surface area (TPSA) is 77.2 Å². The number of benzene rings is 1. The molecule has 150 valence electrons. The Kier molecular flexibility index (Phi) is 4.54. The van der Waals surface area contributed by atoms with Crippen LogP contribution in [-0.2, 0) is 6.54 Å². The molecule has 1 saturated carbocycles. The van der Waals surface area contributed by atoms with Crippen LogP contribution in [0, 0.1) is 5.82 Å². The van der Waals surface area contributed by atoms with Crippen molar-refractivity contribution in [1.29, 1.82) is 0 Å². The van der Waals surface area contributed by atoms with Gasteiger partial charge in [-0.25, -0.2) is 19.2 Å². The molecule has 0 radical (unpaired) electrons. The first-order chi connectivity index (χ1) is 14.2. The standard InChI is InChI=1S/C21H23FN6O/c22-16-5-1-14(2-6-16)11-24-21(29)28-9-7-27(8-10-28)20-18-17(15-3-4-15)12-23-19(18)25-13-26-20/h1-2,5-6,12-13,15H,3-4,7-11H2,(H,24,29)(H,23,25,26). The van der Waals surface area contributed by atoms with Crippen LogP contribution in [0.1, 0.15) is 29.9 Å². The Balaban J connectivity index is 1.23. The molecule has 2 N–H and O–H groups in total. The van der Waals surface area contributed by atoms with Gasteiger partial charge in [-0.2, -0.15) is 0 Å². The van der Waals surface area contributed by atoms with Crippen LogP contribution in [0.5, 0.6) is 0 Å². The number of carbonyl (C=O) groups excluding carboxylic acids is 1. The number of hydrogen-bond donors (Lipinski definition) is 2. The molecule has 2 aromatic heterocycles. The number of aromatic amines is 1. The van der Waals surface area contributed by atoms with E-state index in [0.29, 0.717) is 25.6 Å². The van der Waals surface area contributed by atoms with Gasteiger partial charge in [0.15, 0.2) is 0 Å². The third kappa shape index (κ3) is 3.62. The van der Waals surface area contributed by atoms with Crippen molar-refractivity contribution in [2.75, 3.05) is 31.1 Å². The smallest absolute Gasteiger partial charge is 0.317 e. The number of aromatic nitrogens is 3. The lowest BCUT2D eigenvalue weighted by Gasteiger charge is -2.35.